The van der Waals surface area contributed by atoms with Gasteiger partial charge < -0.3 is 55.6 Å². The lowest BCUT2D eigenvalue weighted by Gasteiger charge is -2.42. The molecule has 1 aliphatic rings. The number of rotatable bonds is 19. The maximum atomic E-state index is 12.3. The largest absolute Gasteiger partial charge is 0.394 e. The molecule has 0 saturated carbocycles. The van der Waals surface area contributed by atoms with Gasteiger partial charge >= 0.3 is 0 Å². The first-order valence-corrected chi connectivity index (χ1v) is 13.1. The molecule has 12 heteroatoms. The number of nitrogens with one attached hydrogen (secondary N) is 1. The van der Waals surface area contributed by atoms with Crippen LogP contribution in [0.5, 0.6) is 0 Å². The number of hydrogen-bond acceptors (Lipinski definition) is 11. The van der Waals surface area contributed by atoms with Gasteiger partial charge in [-0.3, -0.25) is 4.79 Å². The summed E-state index contributed by atoms with van der Waals surface area (Å²) in [5, 5.41) is 81.8. The smallest absolute Gasteiger partial charge is 0.251 e. The molecule has 36 heavy (non-hydrogen) atoms. The van der Waals surface area contributed by atoms with Crippen molar-refractivity contribution < 1.29 is 55.1 Å². The van der Waals surface area contributed by atoms with Crippen molar-refractivity contribution in [2.45, 2.75) is 126 Å². The lowest BCUT2D eigenvalue weighted by atomic mass is 9.98. The number of aliphatic hydroxyl groups excluding tert-OH is 8. The topological polar surface area (TPSA) is 209 Å². The SMILES string of the molecule is CCCCCCCCCCCCNC(=O)[C@H](O)[C@@H](O)[C@H](O[C@@H]1O[C@H](CO)[C@H](O)[C@H](O)[C@H]1O)[C@H](O)CO. The van der Waals surface area contributed by atoms with Crippen LogP contribution in [0.3, 0.4) is 0 Å². The lowest BCUT2D eigenvalue weighted by molar-refractivity contribution is -0.326. The molecule has 0 aromatic carbocycles. The Kier molecular flexibility index (Phi) is 16.9. The predicted molar refractivity (Wildman–Crippen MR) is 129 cm³/mol. The molecule has 0 aliphatic carbocycles. The Hall–Kier alpha value is -0.930. The van der Waals surface area contributed by atoms with Crippen LogP contribution in [0.4, 0.5) is 0 Å². The van der Waals surface area contributed by atoms with Gasteiger partial charge in [0.05, 0.1) is 13.2 Å². The Morgan fingerprint density at radius 1 is 0.861 bits per heavy atom. The van der Waals surface area contributed by atoms with E-state index in [0.29, 0.717) is 6.42 Å². The number of ether oxygens (including phenoxy) is 2. The number of hydrogen-bond donors (Lipinski definition) is 9. The predicted octanol–water partition coefficient (Wildman–Crippen LogP) is -1.72. The fraction of sp³-hybridized carbons (Fsp3) is 0.958. The van der Waals surface area contributed by atoms with E-state index in [0.717, 1.165) is 19.3 Å². The molecule has 12 nitrogen and oxygen atoms in total. The van der Waals surface area contributed by atoms with Crippen molar-refractivity contribution in [2.75, 3.05) is 19.8 Å². The zero-order valence-electron chi connectivity index (χ0n) is 21.2. The van der Waals surface area contributed by atoms with E-state index in [1.165, 1.54) is 38.5 Å². The van der Waals surface area contributed by atoms with E-state index >= 15 is 0 Å². The molecule has 0 bridgehead atoms. The minimum atomic E-state index is -2.04. The zero-order chi connectivity index (χ0) is 27.1. The van der Waals surface area contributed by atoms with Crippen LogP contribution in [0.2, 0.25) is 0 Å². The summed E-state index contributed by atoms with van der Waals surface area (Å²) in [6.07, 6.45) is -4.81. The van der Waals surface area contributed by atoms with E-state index in [1.807, 2.05) is 0 Å². The van der Waals surface area contributed by atoms with Gasteiger partial charge in [0, 0.05) is 6.54 Å². The van der Waals surface area contributed by atoms with E-state index < -0.39 is 74.2 Å². The highest BCUT2D eigenvalue weighted by molar-refractivity contribution is 5.81. The molecule has 1 rings (SSSR count). The highest BCUT2D eigenvalue weighted by atomic mass is 16.7. The van der Waals surface area contributed by atoms with E-state index in [9.17, 15) is 45.6 Å². The molecule has 1 amide bonds. The second kappa shape index (κ2) is 18.3. The number of amides is 1. The molecule has 1 fully saturated rings. The normalized spacial score (nSPS) is 27.9. The van der Waals surface area contributed by atoms with E-state index in [4.69, 9.17) is 9.47 Å². The summed E-state index contributed by atoms with van der Waals surface area (Å²) in [4.78, 5) is 12.3. The van der Waals surface area contributed by atoms with Crippen LogP contribution in [-0.4, -0.2) is 122 Å². The highest BCUT2D eigenvalue weighted by Gasteiger charge is 2.47. The summed E-state index contributed by atoms with van der Waals surface area (Å²) in [5.74, 6) is -0.911. The fourth-order valence-corrected chi connectivity index (χ4v) is 4.10. The fourth-order valence-electron chi connectivity index (χ4n) is 4.10. The summed E-state index contributed by atoms with van der Waals surface area (Å²) in [5.41, 5.74) is 0. The Bertz CT molecular complexity index is 582. The molecule has 1 heterocycles. The maximum absolute atomic E-state index is 12.3. The van der Waals surface area contributed by atoms with Gasteiger partial charge in [0.15, 0.2) is 12.4 Å². The minimum absolute atomic E-state index is 0.278. The third-order valence-corrected chi connectivity index (χ3v) is 6.46. The van der Waals surface area contributed by atoms with E-state index in [-0.39, 0.29) is 6.54 Å². The Balaban J connectivity index is 2.48. The van der Waals surface area contributed by atoms with Crippen LogP contribution in [0, 0.1) is 0 Å². The Morgan fingerprint density at radius 2 is 1.42 bits per heavy atom. The van der Waals surface area contributed by atoms with E-state index in [1.54, 1.807) is 0 Å². The van der Waals surface area contributed by atoms with Crippen molar-refractivity contribution in [3.05, 3.63) is 0 Å². The molecule has 1 saturated heterocycles. The third-order valence-electron chi connectivity index (χ3n) is 6.46. The van der Waals surface area contributed by atoms with Gasteiger partial charge in [0.1, 0.15) is 42.7 Å². The van der Waals surface area contributed by atoms with Crippen LogP contribution >= 0.6 is 0 Å². The van der Waals surface area contributed by atoms with Crippen LogP contribution in [-0.2, 0) is 14.3 Å². The first-order valence-electron chi connectivity index (χ1n) is 13.1. The number of unbranched alkanes of at least 4 members (excludes halogenated alkanes) is 9. The van der Waals surface area contributed by atoms with Crippen LogP contribution in [0.25, 0.3) is 0 Å². The third kappa shape index (κ3) is 10.8. The van der Waals surface area contributed by atoms with Crippen LogP contribution < -0.4 is 5.32 Å². The zero-order valence-corrected chi connectivity index (χ0v) is 21.2. The van der Waals surface area contributed by atoms with Gasteiger partial charge in [0.2, 0.25) is 0 Å². The molecule has 0 spiro atoms. The molecule has 214 valence electrons. The van der Waals surface area contributed by atoms with Crippen molar-refractivity contribution in [3.8, 4) is 0 Å². The number of aliphatic hydroxyl groups is 8. The van der Waals surface area contributed by atoms with Crippen molar-refractivity contribution in [1.82, 2.24) is 5.32 Å². The molecule has 0 unspecified atom stereocenters. The van der Waals surface area contributed by atoms with Crippen molar-refractivity contribution in [1.29, 1.82) is 0 Å². The molecule has 0 radical (unpaired) electrons. The average Bonchev–Trinajstić information content (AvgIpc) is 2.88. The first kappa shape index (κ1) is 33.1. The van der Waals surface area contributed by atoms with Gasteiger partial charge in [-0.25, -0.2) is 0 Å². The molecule has 0 aromatic heterocycles. The standard InChI is InChI=1S/C24H47NO11/c1-2-3-4-5-6-7-8-9-10-11-12-25-23(34)20(32)19(31)22(15(28)13-26)36-24-21(33)18(30)17(29)16(14-27)35-24/h15-22,24,26-33H,2-14H2,1H3,(H,25,34)/t15-,16-,17+,18+,19-,20-,21-,22-,24+/m1/s1. The summed E-state index contributed by atoms with van der Waals surface area (Å²) < 4.78 is 10.5. The second-order valence-corrected chi connectivity index (χ2v) is 9.46. The first-order chi connectivity index (χ1) is 17.2. The quantitative estimate of drug-likeness (QED) is 0.0866. The van der Waals surface area contributed by atoms with Gasteiger partial charge in [0.25, 0.3) is 5.91 Å². The molecule has 9 N–H and O–H groups in total. The average molecular weight is 526 g/mol. The summed E-state index contributed by atoms with van der Waals surface area (Å²) in [6, 6.07) is 0. The molecular formula is C24H47NO11. The molecule has 0 aromatic rings. The van der Waals surface area contributed by atoms with Gasteiger partial charge in [-0.15, -0.1) is 0 Å². The van der Waals surface area contributed by atoms with Crippen molar-refractivity contribution in [2.24, 2.45) is 0 Å². The van der Waals surface area contributed by atoms with Crippen molar-refractivity contribution in [3.63, 3.8) is 0 Å². The van der Waals surface area contributed by atoms with E-state index in [2.05, 4.69) is 12.2 Å². The van der Waals surface area contributed by atoms with Crippen LogP contribution in [0.15, 0.2) is 0 Å². The summed E-state index contributed by atoms with van der Waals surface area (Å²) >= 11 is 0. The molecule has 9 atom stereocenters. The Labute approximate surface area is 212 Å². The maximum Gasteiger partial charge on any atom is 0.251 e. The number of carbonyl (C=O) groups is 1. The second-order valence-electron chi connectivity index (χ2n) is 9.46. The van der Waals surface area contributed by atoms with Gasteiger partial charge in [-0.2, -0.15) is 0 Å². The van der Waals surface area contributed by atoms with Crippen molar-refractivity contribution >= 4 is 5.91 Å². The number of carbonyl (C=O) groups excluding carboxylic acids is 1. The monoisotopic (exact) mass is 525 g/mol. The van der Waals surface area contributed by atoms with Gasteiger partial charge in [-0.05, 0) is 6.42 Å². The molecular weight excluding hydrogens is 478 g/mol. The molecule has 1 aliphatic heterocycles. The Morgan fingerprint density at radius 3 is 1.94 bits per heavy atom. The van der Waals surface area contributed by atoms with Gasteiger partial charge in [-0.1, -0.05) is 64.7 Å². The van der Waals surface area contributed by atoms with Crippen LogP contribution in [0.1, 0.15) is 71.1 Å². The lowest BCUT2D eigenvalue weighted by Crippen LogP contribution is -2.62. The summed E-state index contributed by atoms with van der Waals surface area (Å²) in [6.45, 7) is 0.809. The summed E-state index contributed by atoms with van der Waals surface area (Å²) in [7, 11) is 0. The minimum Gasteiger partial charge on any atom is -0.394 e. The highest BCUT2D eigenvalue weighted by Crippen LogP contribution is 2.25.